The molecule has 0 bridgehead atoms. The Labute approximate surface area is 288 Å². The molecule has 13 heteroatoms. The molecule has 1 aliphatic heterocycles. The summed E-state index contributed by atoms with van der Waals surface area (Å²) in [7, 11) is 0. The van der Waals surface area contributed by atoms with Gasteiger partial charge in [-0.2, -0.15) is 0 Å². The Morgan fingerprint density at radius 3 is 2.45 bits per heavy atom. The number of nitrogens with zero attached hydrogens (tertiary/aromatic N) is 4. The molecule has 3 aromatic carbocycles. The van der Waals surface area contributed by atoms with E-state index in [2.05, 4.69) is 15.2 Å². The molecule has 2 aromatic heterocycles. The lowest BCUT2D eigenvalue weighted by atomic mass is 9.95. The van der Waals surface area contributed by atoms with Crippen molar-refractivity contribution in [3.8, 4) is 11.5 Å². The van der Waals surface area contributed by atoms with Crippen LogP contribution in [-0.4, -0.2) is 38.6 Å². The summed E-state index contributed by atoms with van der Waals surface area (Å²) >= 11 is 9.90. The predicted molar refractivity (Wildman–Crippen MR) is 185 cm³/mol. The van der Waals surface area contributed by atoms with Crippen LogP contribution in [0.2, 0.25) is 5.02 Å². The number of hydrogen-bond donors (Lipinski definition) is 1. The maximum Gasteiger partial charge on any atom is 0.296 e. The van der Waals surface area contributed by atoms with Crippen LogP contribution in [0.4, 0.5) is 5.13 Å². The number of aromatic nitrogens is 3. The van der Waals surface area contributed by atoms with Crippen molar-refractivity contribution in [2.75, 3.05) is 11.5 Å². The molecule has 6 rings (SSSR count). The maximum absolute atomic E-state index is 14.1. The van der Waals surface area contributed by atoms with Gasteiger partial charge < -0.3 is 14.6 Å². The third-order valence-electron chi connectivity index (χ3n) is 7.26. The molecule has 1 aliphatic rings. The highest BCUT2D eigenvalue weighted by Crippen LogP contribution is 2.46. The molecular weight excluding hydrogens is 676 g/mol. The minimum atomic E-state index is -1.01. The topological polar surface area (TPSA) is 115 Å². The van der Waals surface area contributed by atoms with Gasteiger partial charge in [0.1, 0.15) is 6.61 Å². The van der Waals surface area contributed by atoms with Gasteiger partial charge in [-0.3, -0.25) is 14.5 Å². The van der Waals surface area contributed by atoms with Gasteiger partial charge in [-0.05, 0) is 61.7 Å². The second-order valence-electron chi connectivity index (χ2n) is 10.5. The van der Waals surface area contributed by atoms with Crippen molar-refractivity contribution in [3.63, 3.8) is 0 Å². The summed E-state index contributed by atoms with van der Waals surface area (Å²) in [5.74, 6) is -0.309. The highest BCUT2D eigenvalue weighted by atomic mass is 35.5. The zero-order valence-electron chi connectivity index (χ0n) is 25.6. The van der Waals surface area contributed by atoms with E-state index in [0.29, 0.717) is 61.0 Å². The third-order valence-corrected chi connectivity index (χ3v) is 10.7. The number of Topliss-reactive ketones (excluding diaryl/α,β-unsaturated/α-hetero) is 1. The number of amides is 1. The van der Waals surface area contributed by atoms with Crippen LogP contribution in [0.1, 0.15) is 50.0 Å². The van der Waals surface area contributed by atoms with Crippen molar-refractivity contribution < 1.29 is 24.2 Å². The number of carbonyl (C=O) groups is 2. The number of benzene rings is 3. The third kappa shape index (κ3) is 7.05. The molecule has 0 aliphatic carbocycles. The second kappa shape index (κ2) is 14.3. The molecule has 0 fully saturated rings. The van der Waals surface area contributed by atoms with Crippen molar-refractivity contribution in [2.24, 2.45) is 0 Å². The zero-order valence-corrected chi connectivity index (χ0v) is 28.8. The van der Waals surface area contributed by atoms with Gasteiger partial charge in [0.05, 0.1) is 33.8 Å². The average Bonchev–Trinajstić information content (AvgIpc) is 3.75. The summed E-state index contributed by atoms with van der Waals surface area (Å²) < 4.78 is 12.7. The number of hydrogen-bond acceptors (Lipinski definition) is 11. The molecule has 1 amide bonds. The van der Waals surface area contributed by atoms with Crippen LogP contribution in [0.15, 0.2) is 88.5 Å². The van der Waals surface area contributed by atoms with Crippen molar-refractivity contribution in [1.29, 1.82) is 0 Å². The molecule has 1 unspecified atom stereocenters. The van der Waals surface area contributed by atoms with Crippen LogP contribution in [0.25, 0.3) is 0 Å². The molecule has 240 valence electrons. The highest BCUT2D eigenvalue weighted by Gasteiger charge is 2.47. The average molecular weight is 705 g/mol. The SMILES string of the molecule is CCOc1cc(C2C(C(=O)c3sc(C)nc3C)=C(O)C(=O)N2c2nnc(SCc3ccc(Cl)cc3)s2)ccc1OCc1ccccc1. The Balaban J connectivity index is 1.37. The van der Waals surface area contributed by atoms with E-state index in [1.165, 1.54) is 39.3 Å². The van der Waals surface area contributed by atoms with E-state index in [0.717, 1.165) is 11.1 Å². The van der Waals surface area contributed by atoms with Crippen LogP contribution < -0.4 is 14.4 Å². The zero-order chi connectivity index (χ0) is 33.1. The fraction of sp³-hybridized carbons (Fsp3) is 0.206. The number of anilines is 1. The fourth-order valence-electron chi connectivity index (χ4n) is 5.12. The molecule has 5 aromatic rings. The lowest BCUT2D eigenvalue weighted by molar-refractivity contribution is -0.117. The van der Waals surface area contributed by atoms with Gasteiger partial charge in [0.2, 0.25) is 10.9 Å². The predicted octanol–water partition coefficient (Wildman–Crippen LogP) is 8.32. The van der Waals surface area contributed by atoms with E-state index in [4.69, 9.17) is 21.1 Å². The van der Waals surface area contributed by atoms with Gasteiger partial charge in [-0.25, -0.2) is 4.98 Å². The number of aliphatic hydroxyl groups excluding tert-OH is 1. The molecule has 0 spiro atoms. The van der Waals surface area contributed by atoms with Gasteiger partial charge >= 0.3 is 0 Å². The molecule has 0 saturated heterocycles. The van der Waals surface area contributed by atoms with Crippen molar-refractivity contribution >= 4 is 62.9 Å². The number of aryl methyl sites for hydroxylation is 2. The lowest BCUT2D eigenvalue weighted by Gasteiger charge is -2.25. The minimum absolute atomic E-state index is 0.0623. The van der Waals surface area contributed by atoms with E-state index in [-0.39, 0.29) is 10.7 Å². The molecule has 0 radical (unpaired) electrons. The monoisotopic (exact) mass is 704 g/mol. The maximum atomic E-state index is 14.1. The largest absolute Gasteiger partial charge is 0.503 e. The normalized spacial score (nSPS) is 14.6. The summed E-state index contributed by atoms with van der Waals surface area (Å²) in [5, 5.41) is 21.5. The Morgan fingerprint density at radius 1 is 0.979 bits per heavy atom. The summed E-state index contributed by atoms with van der Waals surface area (Å²) in [4.78, 5) is 34.0. The molecule has 1 N–H and O–H groups in total. The molecular formula is C34H29ClN4O5S3. The molecule has 3 heterocycles. The van der Waals surface area contributed by atoms with E-state index in [1.54, 1.807) is 32.0 Å². The smallest absolute Gasteiger partial charge is 0.296 e. The van der Waals surface area contributed by atoms with Gasteiger partial charge in [-0.15, -0.1) is 21.5 Å². The molecule has 1 atom stereocenters. The fourth-order valence-corrected chi connectivity index (χ4v) is 7.94. The summed E-state index contributed by atoms with van der Waals surface area (Å²) in [5.41, 5.74) is 3.03. The molecule has 9 nitrogen and oxygen atoms in total. The standard InChI is InChI=1S/C34H29ClN4O5S3/c1-4-43-26-16-23(12-15-25(26)44-17-21-8-6-5-7-9-21)28-27(29(40)31-19(2)36-20(3)46-31)30(41)32(42)39(28)33-37-38-34(47-33)45-18-22-10-13-24(35)14-11-22/h5-16,28,41H,4,17-18H2,1-3H3. The van der Waals surface area contributed by atoms with Crippen molar-refractivity contribution in [2.45, 2.75) is 43.5 Å². The van der Waals surface area contributed by atoms with Gasteiger partial charge in [-0.1, -0.05) is 83.2 Å². The molecule has 47 heavy (non-hydrogen) atoms. The first-order valence-corrected chi connectivity index (χ1v) is 17.6. The van der Waals surface area contributed by atoms with E-state index in [1.807, 2.05) is 61.5 Å². The number of rotatable bonds is 12. The van der Waals surface area contributed by atoms with E-state index >= 15 is 0 Å². The summed E-state index contributed by atoms with van der Waals surface area (Å²) in [6.07, 6.45) is 0. The first kappa shape index (κ1) is 32.7. The highest BCUT2D eigenvalue weighted by molar-refractivity contribution is 8.00. The number of ether oxygens (including phenoxy) is 2. The summed E-state index contributed by atoms with van der Waals surface area (Å²) in [6, 6.07) is 21.5. The van der Waals surface area contributed by atoms with E-state index in [9.17, 15) is 14.7 Å². The van der Waals surface area contributed by atoms with Crippen molar-refractivity contribution in [3.05, 3.63) is 121 Å². The number of carbonyl (C=O) groups excluding carboxylic acids is 2. The molecule has 0 saturated carbocycles. The van der Waals surface area contributed by atoms with Crippen LogP contribution in [0.3, 0.4) is 0 Å². The number of thioether (sulfide) groups is 1. The Morgan fingerprint density at radius 2 is 1.74 bits per heavy atom. The quantitative estimate of drug-likeness (QED) is 0.0778. The first-order chi connectivity index (χ1) is 22.7. The number of halogens is 1. The van der Waals surface area contributed by atoms with Crippen LogP contribution in [0, 0.1) is 13.8 Å². The van der Waals surface area contributed by atoms with E-state index < -0.39 is 23.5 Å². The van der Waals surface area contributed by atoms with Gasteiger partial charge in [0.15, 0.2) is 21.6 Å². The minimum Gasteiger partial charge on any atom is -0.503 e. The van der Waals surface area contributed by atoms with Crippen LogP contribution >= 0.6 is 46.0 Å². The van der Waals surface area contributed by atoms with Crippen LogP contribution in [-0.2, 0) is 17.2 Å². The summed E-state index contributed by atoms with van der Waals surface area (Å²) in [6.45, 7) is 6.08. The van der Waals surface area contributed by atoms with Gasteiger partial charge in [0, 0.05) is 10.8 Å². The number of ketones is 1. The Kier molecular flexibility index (Phi) is 9.92. The first-order valence-electron chi connectivity index (χ1n) is 14.6. The second-order valence-corrected chi connectivity index (χ2v) is 14.3. The van der Waals surface area contributed by atoms with Crippen molar-refractivity contribution in [1.82, 2.24) is 15.2 Å². The number of aliphatic hydroxyl groups is 1. The lowest BCUT2D eigenvalue weighted by Crippen LogP contribution is -2.31. The van der Waals surface area contributed by atoms with Gasteiger partial charge in [0.25, 0.3) is 5.91 Å². The van der Waals surface area contributed by atoms with Crippen LogP contribution in [0.5, 0.6) is 11.5 Å². The number of thiazole rings is 1. The Bertz CT molecular complexity index is 1960. The Hall–Kier alpha value is -4.23.